The van der Waals surface area contributed by atoms with Gasteiger partial charge < -0.3 is 5.11 Å². The first-order chi connectivity index (χ1) is 7.61. The van der Waals surface area contributed by atoms with Crippen molar-refractivity contribution in [3.63, 3.8) is 0 Å². The van der Waals surface area contributed by atoms with E-state index in [1.807, 2.05) is 0 Å². The van der Waals surface area contributed by atoms with Crippen molar-refractivity contribution in [2.24, 2.45) is 0 Å². The van der Waals surface area contributed by atoms with Crippen LogP contribution in [0.2, 0.25) is 0 Å². The van der Waals surface area contributed by atoms with E-state index in [9.17, 15) is 18.3 Å². The largest absolute Gasteiger partial charge is 0.392 e. The second kappa shape index (κ2) is 4.45. The molecule has 0 bridgehead atoms. The van der Waals surface area contributed by atoms with E-state index in [2.05, 4.69) is 0 Å². The van der Waals surface area contributed by atoms with Gasteiger partial charge in [-0.3, -0.25) is 0 Å². The highest BCUT2D eigenvalue weighted by atomic mass is 19.2. The van der Waals surface area contributed by atoms with Crippen LogP contribution in [0.3, 0.4) is 0 Å². The molecular weight excluding hydrogens is 217 g/mol. The van der Waals surface area contributed by atoms with Gasteiger partial charge in [-0.1, -0.05) is 12.8 Å². The quantitative estimate of drug-likeness (QED) is 0.735. The molecule has 1 aliphatic rings. The number of hydrogen-bond acceptors (Lipinski definition) is 1. The van der Waals surface area contributed by atoms with E-state index in [1.54, 1.807) is 0 Å². The Labute approximate surface area is 91.9 Å². The molecule has 0 spiro atoms. The molecule has 1 fully saturated rings. The van der Waals surface area contributed by atoms with Gasteiger partial charge in [-0.25, -0.2) is 13.2 Å². The number of aliphatic hydroxyl groups is 1. The Morgan fingerprint density at radius 2 is 1.62 bits per heavy atom. The first-order valence-corrected chi connectivity index (χ1v) is 5.42. The fourth-order valence-corrected chi connectivity index (χ4v) is 2.33. The summed E-state index contributed by atoms with van der Waals surface area (Å²) >= 11 is 0. The van der Waals surface area contributed by atoms with Crippen molar-refractivity contribution in [3.8, 4) is 0 Å². The van der Waals surface area contributed by atoms with Gasteiger partial charge in [0.25, 0.3) is 0 Å². The summed E-state index contributed by atoms with van der Waals surface area (Å²) in [5.74, 6) is -3.62. The van der Waals surface area contributed by atoms with Crippen LogP contribution in [0.1, 0.15) is 37.2 Å². The Hall–Kier alpha value is -1.03. The van der Waals surface area contributed by atoms with Crippen molar-refractivity contribution in [1.82, 2.24) is 0 Å². The van der Waals surface area contributed by atoms with Gasteiger partial charge in [0, 0.05) is 11.5 Å². The van der Waals surface area contributed by atoms with Gasteiger partial charge >= 0.3 is 0 Å². The van der Waals surface area contributed by atoms with E-state index in [1.165, 1.54) is 0 Å². The van der Waals surface area contributed by atoms with Gasteiger partial charge in [-0.2, -0.15) is 0 Å². The summed E-state index contributed by atoms with van der Waals surface area (Å²) in [5.41, 5.74) is -0.299. The summed E-state index contributed by atoms with van der Waals surface area (Å²) in [6.07, 6.45) is 1.88. The summed E-state index contributed by atoms with van der Waals surface area (Å²) in [4.78, 5) is 0. The molecule has 1 aromatic rings. The molecular formula is C12H13F3O. The average Bonchev–Trinajstić information content (AvgIpc) is 2.27. The smallest absolute Gasteiger partial charge is 0.165 e. The Morgan fingerprint density at radius 3 is 2.31 bits per heavy atom. The molecule has 0 radical (unpaired) electrons. The summed E-state index contributed by atoms with van der Waals surface area (Å²) in [5, 5.41) is 9.71. The molecule has 2 rings (SSSR count). The van der Waals surface area contributed by atoms with Crippen LogP contribution >= 0.6 is 0 Å². The molecule has 2 atom stereocenters. The molecule has 1 saturated carbocycles. The molecule has 1 nitrogen and oxygen atoms in total. The van der Waals surface area contributed by atoms with Crippen LogP contribution in [0.4, 0.5) is 13.2 Å². The molecule has 1 aliphatic carbocycles. The lowest BCUT2D eigenvalue weighted by molar-refractivity contribution is 0.102. The number of aliphatic hydroxyl groups excluding tert-OH is 1. The number of hydrogen-bond donors (Lipinski definition) is 1. The van der Waals surface area contributed by atoms with Crippen LogP contribution in [0.25, 0.3) is 0 Å². The number of halogens is 3. The third kappa shape index (κ3) is 1.94. The molecule has 0 aliphatic heterocycles. The monoisotopic (exact) mass is 230 g/mol. The van der Waals surface area contributed by atoms with E-state index in [4.69, 9.17) is 0 Å². The highest BCUT2D eigenvalue weighted by Crippen LogP contribution is 2.36. The predicted octanol–water partition coefficient (Wildman–Crippen LogP) is 3.12. The van der Waals surface area contributed by atoms with Gasteiger partial charge in [0.15, 0.2) is 11.6 Å². The Morgan fingerprint density at radius 1 is 1.00 bits per heavy atom. The van der Waals surface area contributed by atoms with Crippen LogP contribution < -0.4 is 0 Å². The fourth-order valence-electron chi connectivity index (χ4n) is 2.33. The van der Waals surface area contributed by atoms with E-state index in [-0.39, 0.29) is 5.56 Å². The van der Waals surface area contributed by atoms with E-state index in [0.29, 0.717) is 12.8 Å². The van der Waals surface area contributed by atoms with Gasteiger partial charge in [0.2, 0.25) is 0 Å². The zero-order chi connectivity index (χ0) is 11.7. The normalized spacial score (nSPS) is 25.8. The first-order valence-electron chi connectivity index (χ1n) is 5.42. The summed E-state index contributed by atoms with van der Waals surface area (Å²) in [7, 11) is 0. The zero-order valence-electron chi connectivity index (χ0n) is 8.72. The first kappa shape index (κ1) is 11.5. The Kier molecular flexibility index (Phi) is 3.19. The van der Waals surface area contributed by atoms with Crippen LogP contribution in [0.15, 0.2) is 12.1 Å². The predicted molar refractivity (Wildman–Crippen MR) is 53.5 cm³/mol. The van der Waals surface area contributed by atoms with E-state index >= 15 is 0 Å². The van der Waals surface area contributed by atoms with Crippen molar-refractivity contribution in [2.75, 3.05) is 0 Å². The summed E-state index contributed by atoms with van der Waals surface area (Å²) < 4.78 is 40.0. The van der Waals surface area contributed by atoms with Gasteiger partial charge in [-0.15, -0.1) is 0 Å². The number of rotatable bonds is 1. The SMILES string of the molecule is OC1CCCCC1c1c(F)ccc(F)c1F. The minimum atomic E-state index is -1.16. The second-order valence-corrected chi connectivity index (χ2v) is 4.22. The van der Waals surface area contributed by atoms with Crippen molar-refractivity contribution in [3.05, 3.63) is 35.1 Å². The van der Waals surface area contributed by atoms with Crippen LogP contribution in [-0.4, -0.2) is 11.2 Å². The van der Waals surface area contributed by atoms with Gasteiger partial charge in [0.1, 0.15) is 5.82 Å². The van der Waals surface area contributed by atoms with Crippen molar-refractivity contribution in [2.45, 2.75) is 37.7 Å². The van der Waals surface area contributed by atoms with Crippen LogP contribution in [0, 0.1) is 17.5 Å². The maximum Gasteiger partial charge on any atom is 0.165 e. The van der Waals surface area contributed by atoms with Crippen LogP contribution in [0.5, 0.6) is 0 Å². The molecule has 0 heterocycles. The maximum absolute atomic E-state index is 13.5. The molecule has 2 unspecified atom stereocenters. The molecule has 0 aromatic heterocycles. The minimum Gasteiger partial charge on any atom is -0.392 e. The standard InChI is InChI=1S/C12H13F3O/c13-8-5-6-9(14)12(15)11(8)7-3-1-2-4-10(7)16/h5-7,10,16H,1-4H2. The van der Waals surface area contributed by atoms with Crippen molar-refractivity contribution in [1.29, 1.82) is 0 Å². The van der Waals surface area contributed by atoms with Crippen molar-refractivity contribution < 1.29 is 18.3 Å². The highest BCUT2D eigenvalue weighted by molar-refractivity contribution is 5.26. The lowest BCUT2D eigenvalue weighted by Crippen LogP contribution is -2.24. The third-order valence-corrected chi connectivity index (χ3v) is 3.18. The average molecular weight is 230 g/mol. The topological polar surface area (TPSA) is 20.2 Å². The van der Waals surface area contributed by atoms with Gasteiger partial charge in [-0.05, 0) is 25.0 Å². The molecule has 1 N–H and O–H groups in total. The summed E-state index contributed by atoms with van der Waals surface area (Å²) in [6, 6.07) is 1.68. The summed E-state index contributed by atoms with van der Waals surface area (Å²) in [6.45, 7) is 0. The van der Waals surface area contributed by atoms with E-state index < -0.39 is 29.5 Å². The number of benzene rings is 1. The lowest BCUT2D eigenvalue weighted by atomic mass is 9.81. The second-order valence-electron chi connectivity index (χ2n) is 4.22. The Bertz CT molecular complexity index is 392. The highest BCUT2D eigenvalue weighted by Gasteiger charge is 2.30. The van der Waals surface area contributed by atoms with Crippen molar-refractivity contribution >= 4 is 0 Å². The third-order valence-electron chi connectivity index (χ3n) is 3.18. The molecule has 88 valence electrons. The molecule has 0 amide bonds. The Balaban J connectivity index is 2.42. The minimum absolute atomic E-state index is 0.299. The fraction of sp³-hybridized carbons (Fsp3) is 0.500. The van der Waals surface area contributed by atoms with Gasteiger partial charge in [0.05, 0.1) is 6.10 Å². The maximum atomic E-state index is 13.5. The molecule has 0 saturated heterocycles. The lowest BCUT2D eigenvalue weighted by Gasteiger charge is -2.28. The molecule has 16 heavy (non-hydrogen) atoms. The van der Waals surface area contributed by atoms with E-state index in [0.717, 1.165) is 25.0 Å². The molecule has 4 heteroatoms. The van der Waals surface area contributed by atoms with Crippen LogP contribution in [-0.2, 0) is 0 Å². The zero-order valence-corrected chi connectivity index (χ0v) is 8.72. The molecule has 1 aromatic carbocycles.